The summed E-state index contributed by atoms with van der Waals surface area (Å²) < 4.78 is 18.0. The Labute approximate surface area is 154 Å². The minimum Gasteiger partial charge on any atom is -0.459 e. The van der Waals surface area contributed by atoms with Crippen molar-refractivity contribution in [2.45, 2.75) is 6.61 Å². The molecule has 0 saturated carbocycles. The summed E-state index contributed by atoms with van der Waals surface area (Å²) in [5.41, 5.74) is 0.945. The number of amides is 1. The SMILES string of the molecule is O=C(CNC(=O)c1ccc2ccccc2c1)OCc1ccc(F)cc1Cl. The zero-order valence-electron chi connectivity index (χ0n) is 13.7. The Morgan fingerprint density at radius 1 is 1.00 bits per heavy atom. The average Bonchev–Trinajstić information content (AvgIpc) is 2.65. The predicted octanol–water partition coefficient (Wildman–Crippen LogP) is 4.11. The fourth-order valence-corrected chi connectivity index (χ4v) is 2.65. The third-order valence-electron chi connectivity index (χ3n) is 3.81. The number of carbonyl (C=O) groups is 2. The van der Waals surface area contributed by atoms with Gasteiger partial charge in [-0.15, -0.1) is 0 Å². The zero-order chi connectivity index (χ0) is 18.5. The molecular weight excluding hydrogens is 357 g/mol. The molecule has 4 nitrogen and oxygen atoms in total. The molecule has 1 N–H and O–H groups in total. The Kier molecular flexibility index (Phi) is 5.49. The van der Waals surface area contributed by atoms with Gasteiger partial charge >= 0.3 is 5.97 Å². The van der Waals surface area contributed by atoms with E-state index in [1.807, 2.05) is 30.3 Å². The normalized spacial score (nSPS) is 10.5. The van der Waals surface area contributed by atoms with E-state index in [1.54, 1.807) is 12.1 Å². The molecule has 0 aliphatic heterocycles. The van der Waals surface area contributed by atoms with Crippen LogP contribution in [0, 0.1) is 5.82 Å². The Morgan fingerprint density at radius 3 is 2.54 bits per heavy atom. The van der Waals surface area contributed by atoms with Crippen LogP contribution in [0.2, 0.25) is 5.02 Å². The van der Waals surface area contributed by atoms with E-state index in [9.17, 15) is 14.0 Å². The van der Waals surface area contributed by atoms with Gasteiger partial charge in [-0.2, -0.15) is 0 Å². The first-order valence-electron chi connectivity index (χ1n) is 7.89. The lowest BCUT2D eigenvalue weighted by Gasteiger charge is -2.08. The van der Waals surface area contributed by atoms with E-state index in [1.165, 1.54) is 12.1 Å². The average molecular weight is 372 g/mol. The number of fused-ring (bicyclic) bond motifs is 1. The molecule has 0 atom stereocenters. The second-order valence-corrected chi connectivity index (χ2v) is 6.05. The minimum absolute atomic E-state index is 0.0935. The summed E-state index contributed by atoms with van der Waals surface area (Å²) in [4.78, 5) is 24.0. The van der Waals surface area contributed by atoms with Gasteiger partial charge in [0.25, 0.3) is 5.91 Å². The highest BCUT2D eigenvalue weighted by Gasteiger charge is 2.11. The maximum Gasteiger partial charge on any atom is 0.325 e. The molecule has 26 heavy (non-hydrogen) atoms. The number of rotatable bonds is 5. The molecule has 0 spiro atoms. The third-order valence-corrected chi connectivity index (χ3v) is 4.16. The van der Waals surface area contributed by atoms with Crippen LogP contribution < -0.4 is 5.32 Å². The van der Waals surface area contributed by atoms with Crippen molar-refractivity contribution < 1.29 is 18.7 Å². The lowest BCUT2D eigenvalue weighted by molar-refractivity contribution is -0.143. The molecule has 0 bridgehead atoms. The van der Waals surface area contributed by atoms with Crippen molar-refractivity contribution in [2.24, 2.45) is 0 Å². The molecule has 0 aliphatic carbocycles. The molecule has 6 heteroatoms. The van der Waals surface area contributed by atoms with Crippen LogP contribution in [0.5, 0.6) is 0 Å². The number of carbonyl (C=O) groups excluding carboxylic acids is 2. The molecule has 0 fully saturated rings. The van der Waals surface area contributed by atoms with Gasteiger partial charge in [-0.05, 0) is 35.0 Å². The van der Waals surface area contributed by atoms with Gasteiger partial charge in [-0.1, -0.05) is 48.0 Å². The smallest absolute Gasteiger partial charge is 0.325 e. The van der Waals surface area contributed by atoms with E-state index in [2.05, 4.69) is 5.32 Å². The summed E-state index contributed by atoms with van der Waals surface area (Å²) in [5.74, 6) is -1.44. The van der Waals surface area contributed by atoms with Gasteiger partial charge in [0.15, 0.2) is 0 Å². The summed E-state index contributed by atoms with van der Waals surface area (Å²) in [6.45, 7) is -0.367. The van der Waals surface area contributed by atoms with Crippen LogP contribution in [0.25, 0.3) is 10.8 Å². The fraction of sp³-hybridized carbons (Fsp3) is 0.100. The molecule has 0 aliphatic rings. The number of nitrogens with one attached hydrogen (secondary N) is 1. The largest absolute Gasteiger partial charge is 0.459 e. The summed E-state index contributed by atoms with van der Waals surface area (Å²) in [7, 11) is 0. The van der Waals surface area contributed by atoms with E-state index in [4.69, 9.17) is 16.3 Å². The molecule has 132 valence electrons. The lowest BCUT2D eigenvalue weighted by atomic mass is 10.1. The van der Waals surface area contributed by atoms with Crippen molar-refractivity contribution in [3.63, 3.8) is 0 Å². The molecule has 3 aromatic rings. The number of halogens is 2. The van der Waals surface area contributed by atoms with E-state index in [0.29, 0.717) is 11.1 Å². The number of esters is 1. The highest BCUT2D eigenvalue weighted by molar-refractivity contribution is 6.31. The minimum atomic E-state index is -0.612. The maximum absolute atomic E-state index is 13.0. The molecule has 0 aromatic heterocycles. The van der Waals surface area contributed by atoms with Crippen LogP contribution >= 0.6 is 11.6 Å². The van der Waals surface area contributed by atoms with Crippen molar-refractivity contribution in [3.05, 3.63) is 82.6 Å². The highest BCUT2D eigenvalue weighted by Crippen LogP contribution is 2.18. The number of benzene rings is 3. The third kappa shape index (κ3) is 4.37. The van der Waals surface area contributed by atoms with Gasteiger partial charge in [0.05, 0.1) is 5.02 Å². The van der Waals surface area contributed by atoms with Gasteiger partial charge < -0.3 is 10.1 Å². The molecule has 3 rings (SSSR count). The van der Waals surface area contributed by atoms with Crippen molar-refractivity contribution in [2.75, 3.05) is 6.54 Å². The number of hydrogen-bond acceptors (Lipinski definition) is 3. The van der Waals surface area contributed by atoms with Crippen LogP contribution in [-0.4, -0.2) is 18.4 Å². The topological polar surface area (TPSA) is 55.4 Å². The lowest BCUT2D eigenvalue weighted by Crippen LogP contribution is -2.30. The van der Waals surface area contributed by atoms with Crippen LogP contribution in [0.4, 0.5) is 4.39 Å². The molecule has 3 aromatic carbocycles. The van der Waals surface area contributed by atoms with Gasteiger partial charge in [-0.3, -0.25) is 9.59 Å². The van der Waals surface area contributed by atoms with E-state index in [0.717, 1.165) is 16.8 Å². The standard InChI is InChI=1S/C20H15ClFNO3/c21-18-10-17(22)8-7-16(18)12-26-19(24)11-23-20(25)15-6-5-13-3-1-2-4-14(13)9-15/h1-10H,11-12H2,(H,23,25). The Morgan fingerprint density at radius 2 is 1.77 bits per heavy atom. The van der Waals surface area contributed by atoms with Crippen molar-refractivity contribution >= 4 is 34.2 Å². The first-order valence-corrected chi connectivity index (χ1v) is 8.27. The number of hydrogen-bond donors (Lipinski definition) is 1. The summed E-state index contributed by atoms with van der Waals surface area (Å²) in [5, 5.41) is 4.66. The molecule has 0 saturated heterocycles. The predicted molar refractivity (Wildman–Crippen MR) is 97.5 cm³/mol. The molecular formula is C20H15ClFNO3. The van der Waals surface area contributed by atoms with E-state index in [-0.39, 0.29) is 24.1 Å². The quantitative estimate of drug-likeness (QED) is 0.687. The second-order valence-electron chi connectivity index (χ2n) is 5.64. The van der Waals surface area contributed by atoms with Crippen LogP contribution in [-0.2, 0) is 16.1 Å². The van der Waals surface area contributed by atoms with E-state index >= 15 is 0 Å². The first kappa shape index (κ1) is 17.9. The van der Waals surface area contributed by atoms with Crippen molar-refractivity contribution in [1.29, 1.82) is 0 Å². The Balaban J connectivity index is 1.54. The molecule has 0 heterocycles. The van der Waals surface area contributed by atoms with Gasteiger partial charge in [0, 0.05) is 11.1 Å². The maximum atomic E-state index is 13.0. The first-order chi connectivity index (χ1) is 12.5. The van der Waals surface area contributed by atoms with Crippen molar-refractivity contribution in [1.82, 2.24) is 5.32 Å². The van der Waals surface area contributed by atoms with Crippen LogP contribution in [0.1, 0.15) is 15.9 Å². The van der Waals surface area contributed by atoms with Gasteiger partial charge in [0.1, 0.15) is 19.0 Å². The summed E-state index contributed by atoms with van der Waals surface area (Å²) in [6.07, 6.45) is 0. The monoisotopic (exact) mass is 371 g/mol. The number of ether oxygens (including phenoxy) is 1. The van der Waals surface area contributed by atoms with Gasteiger partial charge in [-0.25, -0.2) is 4.39 Å². The van der Waals surface area contributed by atoms with E-state index < -0.39 is 11.8 Å². The summed E-state index contributed by atoms with van der Waals surface area (Å²) in [6, 6.07) is 16.8. The fourth-order valence-electron chi connectivity index (χ4n) is 2.43. The highest BCUT2D eigenvalue weighted by atomic mass is 35.5. The van der Waals surface area contributed by atoms with Crippen LogP contribution in [0.15, 0.2) is 60.7 Å². The summed E-state index contributed by atoms with van der Waals surface area (Å²) >= 11 is 5.87. The molecule has 0 radical (unpaired) electrons. The Bertz CT molecular complexity index is 974. The molecule has 0 unspecified atom stereocenters. The second kappa shape index (κ2) is 7.97. The Hall–Kier alpha value is -2.92. The zero-order valence-corrected chi connectivity index (χ0v) is 14.4. The van der Waals surface area contributed by atoms with Crippen molar-refractivity contribution in [3.8, 4) is 0 Å². The van der Waals surface area contributed by atoms with Gasteiger partial charge in [0.2, 0.25) is 0 Å². The molecule has 1 amide bonds. The van der Waals surface area contributed by atoms with Crippen LogP contribution in [0.3, 0.4) is 0 Å².